The number of benzene rings is 2. The number of amides is 1. The largest absolute Gasteiger partial charge is 0.457 e. The van der Waals surface area contributed by atoms with Gasteiger partial charge in [-0.25, -0.2) is 0 Å². The van der Waals surface area contributed by atoms with Gasteiger partial charge in [-0.05, 0) is 24.3 Å². The van der Waals surface area contributed by atoms with Crippen LogP contribution in [0.25, 0.3) is 0 Å². The number of carbonyl (C=O) groups excluding carboxylic acids is 1. The summed E-state index contributed by atoms with van der Waals surface area (Å²) in [6.45, 7) is 0.635. The zero-order valence-corrected chi connectivity index (χ0v) is 15.7. The number of nitrogens with zero attached hydrogens (tertiary/aromatic N) is 2. The maximum absolute atomic E-state index is 12.6. The molecule has 8 heteroatoms. The summed E-state index contributed by atoms with van der Waals surface area (Å²) >= 11 is 2.87. The Morgan fingerprint density at radius 3 is 2.69 bits per heavy atom. The maximum Gasteiger partial charge on any atom is 0.261 e. The summed E-state index contributed by atoms with van der Waals surface area (Å²) in [4.78, 5) is 12.6. The molecular formula is C18H17N3O3S2. The van der Waals surface area contributed by atoms with Crippen molar-refractivity contribution >= 4 is 34.1 Å². The van der Waals surface area contributed by atoms with Crippen LogP contribution >= 0.6 is 23.1 Å². The number of para-hydroxylation sites is 2. The smallest absolute Gasteiger partial charge is 0.261 e. The van der Waals surface area contributed by atoms with Gasteiger partial charge >= 0.3 is 0 Å². The summed E-state index contributed by atoms with van der Waals surface area (Å²) in [5, 5.41) is 11.3. The fraction of sp³-hybridized carbons (Fsp3) is 0.167. The first kappa shape index (κ1) is 18.4. The van der Waals surface area contributed by atoms with E-state index >= 15 is 0 Å². The van der Waals surface area contributed by atoms with Crippen LogP contribution in [0.3, 0.4) is 0 Å². The highest BCUT2D eigenvalue weighted by Gasteiger charge is 2.15. The molecule has 3 aromatic rings. The van der Waals surface area contributed by atoms with Gasteiger partial charge in [0.2, 0.25) is 5.13 Å². The molecule has 0 spiro atoms. The molecule has 0 aliphatic carbocycles. The number of ether oxygens (including phenoxy) is 2. The maximum atomic E-state index is 12.6. The van der Waals surface area contributed by atoms with Gasteiger partial charge in [-0.1, -0.05) is 53.4 Å². The summed E-state index contributed by atoms with van der Waals surface area (Å²) in [5.41, 5.74) is 0.431. The fourth-order valence-electron chi connectivity index (χ4n) is 2.05. The van der Waals surface area contributed by atoms with E-state index in [1.807, 2.05) is 36.4 Å². The van der Waals surface area contributed by atoms with Crippen LogP contribution in [0.1, 0.15) is 10.4 Å². The molecule has 1 heterocycles. The van der Waals surface area contributed by atoms with Crippen molar-refractivity contribution in [3.8, 4) is 11.5 Å². The summed E-state index contributed by atoms with van der Waals surface area (Å²) in [6, 6.07) is 16.4. The van der Waals surface area contributed by atoms with E-state index in [-0.39, 0.29) is 5.91 Å². The first-order chi connectivity index (χ1) is 12.8. The van der Waals surface area contributed by atoms with Gasteiger partial charge in [0, 0.05) is 12.9 Å². The standard InChI is InChI=1S/C18H17N3O3S2/c1-23-11-12-25-18-21-20-17(26-18)19-16(22)14-9-5-6-10-15(14)24-13-7-3-2-4-8-13/h2-10H,11-12H2,1H3,(H,19,20,22). The molecule has 134 valence electrons. The average molecular weight is 387 g/mol. The number of methoxy groups -OCH3 is 1. The summed E-state index contributed by atoms with van der Waals surface area (Å²) in [5.74, 6) is 1.64. The normalized spacial score (nSPS) is 10.5. The van der Waals surface area contributed by atoms with E-state index < -0.39 is 0 Å². The molecule has 0 aliphatic rings. The molecule has 6 nitrogen and oxygen atoms in total. The molecule has 0 saturated carbocycles. The second-order valence-corrected chi connectivity index (χ2v) is 7.40. The molecule has 3 rings (SSSR count). The van der Waals surface area contributed by atoms with Crippen molar-refractivity contribution in [1.82, 2.24) is 10.2 Å². The van der Waals surface area contributed by atoms with Gasteiger partial charge in [0.05, 0.1) is 12.2 Å². The zero-order valence-electron chi connectivity index (χ0n) is 14.0. The van der Waals surface area contributed by atoms with E-state index in [2.05, 4.69) is 15.5 Å². The Kier molecular flexibility index (Phi) is 6.59. The Bertz CT molecular complexity index is 856. The average Bonchev–Trinajstić information content (AvgIpc) is 3.10. The highest BCUT2D eigenvalue weighted by molar-refractivity contribution is 8.01. The Morgan fingerprint density at radius 2 is 1.88 bits per heavy atom. The summed E-state index contributed by atoms with van der Waals surface area (Å²) < 4.78 is 11.6. The molecule has 0 bridgehead atoms. The van der Waals surface area contributed by atoms with E-state index in [9.17, 15) is 4.79 Å². The lowest BCUT2D eigenvalue weighted by molar-refractivity contribution is 0.102. The third-order valence-corrected chi connectivity index (χ3v) is 5.18. The molecule has 2 aromatic carbocycles. The van der Waals surface area contributed by atoms with Crippen molar-refractivity contribution in [2.24, 2.45) is 0 Å². The molecule has 0 unspecified atom stereocenters. The van der Waals surface area contributed by atoms with Gasteiger partial charge in [0.25, 0.3) is 5.91 Å². The highest BCUT2D eigenvalue weighted by Crippen LogP contribution is 2.28. The van der Waals surface area contributed by atoms with Gasteiger partial charge in [-0.15, -0.1) is 10.2 Å². The van der Waals surface area contributed by atoms with Crippen LogP contribution in [0.5, 0.6) is 11.5 Å². The van der Waals surface area contributed by atoms with Crippen molar-refractivity contribution in [2.75, 3.05) is 24.8 Å². The Morgan fingerprint density at radius 1 is 1.12 bits per heavy atom. The number of anilines is 1. The quantitative estimate of drug-likeness (QED) is 0.352. The SMILES string of the molecule is COCCSc1nnc(NC(=O)c2ccccc2Oc2ccccc2)s1. The van der Waals surface area contributed by atoms with Crippen molar-refractivity contribution in [3.05, 3.63) is 60.2 Å². The molecule has 0 atom stereocenters. The lowest BCUT2D eigenvalue weighted by Gasteiger charge is -2.10. The predicted octanol–water partition coefficient (Wildman–Crippen LogP) is 4.32. The molecule has 1 amide bonds. The lowest BCUT2D eigenvalue weighted by atomic mass is 10.2. The number of thioether (sulfide) groups is 1. The third kappa shape index (κ3) is 5.04. The highest BCUT2D eigenvalue weighted by atomic mass is 32.2. The second kappa shape index (κ2) is 9.33. The van der Waals surface area contributed by atoms with E-state index in [0.29, 0.717) is 28.8 Å². The van der Waals surface area contributed by atoms with Gasteiger partial charge in [0.1, 0.15) is 11.5 Å². The van der Waals surface area contributed by atoms with Crippen LogP contribution in [0, 0.1) is 0 Å². The molecular weight excluding hydrogens is 370 g/mol. The van der Waals surface area contributed by atoms with Crippen LogP contribution in [-0.2, 0) is 4.74 Å². The monoisotopic (exact) mass is 387 g/mol. The molecule has 1 N–H and O–H groups in total. The molecule has 26 heavy (non-hydrogen) atoms. The fourth-order valence-corrected chi connectivity index (χ4v) is 3.77. The molecule has 1 aromatic heterocycles. The molecule has 0 radical (unpaired) electrons. The van der Waals surface area contributed by atoms with Gasteiger partial charge in [-0.2, -0.15) is 0 Å². The van der Waals surface area contributed by atoms with Crippen molar-refractivity contribution < 1.29 is 14.3 Å². The van der Waals surface area contributed by atoms with Crippen LogP contribution < -0.4 is 10.1 Å². The van der Waals surface area contributed by atoms with Crippen LogP contribution in [0.4, 0.5) is 5.13 Å². The van der Waals surface area contributed by atoms with E-state index in [1.54, 1.807) is 25.3 Å². The number of rotatable bonds is 8. The number of nitrogens with one attached hydrogen (secondary N) is 1. The number of aromatic nitrogens is 2. The minimum atomic E-state index is -0.291. The van der Waals surface area contributed by atoms with Gasteiger partial charge in [0.15, 0.2) is 4.34 Å². The van der Waals surface area contributed by atoms with Gasteiger partial charge in [-0.3, -0.25) is 10.1 Å². The summed E-state index contributed by atoms with van der Waals surface area (Å²) in [7, 11) is 1.65. The van der Waals surface area contributed by atoms with Crippen molar-refractivity contribution in [3.63, 3.8) is 0 Å². The number of hydrogen-bond acceptors (Lipinski definition) is 7. The van der Waals surface area contributed by atoms with E-state index in [0.717, 1.165) is 10.1 Å². The van der Waals surface area contributed by atoms with Crippen LogP contribution in [0.15, 0.2) is 58.9 Å². The first-order valence-corrected chi connectivity index (χ1v) is 9.65. The lowest BCUT2D eigenvalue weighted by Crippen LogP contribution is -2.12. The third-order valence-electron chi connectivity index (χ3n) is 3.24. The first-order valence-electron chi connectivity index (χ1n) is 7.85. The second-order valence-electron chi connectivity index (χ2n) is 5.08. The Labute approximate surface area is 159 Å². The minimum Gasteiger partial charge on any atom is -0.457 e. The summed E-state index contributed by atoms with van der Waals surface area (Å²) in [6.07, 6.45) is 0. The Hall–Kier alpha value is -2.42. The molecule has 0 saturated heterocycles. The van der Waals surface area contributed by atoms with Crippen molar-refractivity contribution in [1.29, 1.82) is 0 Å². The number of carbonyl (C=O) groups is 1. The van der Waals surface area contributed by atoms with E-state index in [1.165, 1.54) is 23.1 Å². The van der Waals surface area contributed by atoms with E-state index in [4.69, 9.17) is 9.47 Å². The minimum absolute atomic E-state index is 0.291. The van der Waals surface area contributed by atoms with Crippen LogP contribution in [0.2, 0.25) is 0 Å². The topological polar surface area (TPSA) is 73.3 Å². The zero-order chi connectivity index (χ0) is 18.2. The number of hydrogen-bond donors (Lipinski definition) is 1. The molecule has 0 fully saturated rings. The van der Waals surface area contributed by atoms with Crippen LogP contribution in [-0.4, -0.2) is 35.6 Å². The van der Waals surface area contributed by atoms with Gasteiger partial charge < -0.3 is 9.47 Å². The molecule has 0 aliphatic heterocycles. The predicted molar refractivity (Wildman–Crippen MR) is 103 cm³/mol. The van der Waals surface area contributed by atoms with Crippen molar-refractivity contribution in [2.45, 2.75) is 4.34 Å². The Balaban J connectivity index is 1.68.